The number of rotatable bonds is 17. The molecule has 72 heavy (non-hydrogen) atoms. The number of aldehydes is 1. The minimum atomic E-state index is -0.0369. The zero-order valence-corrected chi connectivity index (χ0v) is 45.7. The van der Waals surface area contributed by atoms with E-state index in [2.05, 4.69) is 100 Å². The van der Waals surface area contributed by atoms with Crippen LogP contribution in [0.3, 0.4) is 0 Å². The van der Waals surface area contributed by atoms with Crippen molar-refractivity contribution in [2.24, 2.45) is 5.73 Å². The fraction of sp³-hybridized carbons (Fsp3) is 0.448. The molecule has 3 N–H and O–H groups in total. The Morgan fingerprint density at radius 3 is 1.75 bits per heavy atom. The first-order valence-corrected chi connectivity index (χ1v) is 28.2. The Hall–Kier alpha value is -4.90. The third kappa shape index (κ3) is 14.7. The number of nitrogens with two attached hydrogens (primary N) is 1. The van der Waals surface area contributed by atoms with E-state index in [1.165, 1.54) is 112 Å². The second kappa shape index (κ2) is 28.0. The van der Waals surface area contributed by atoms with Gasteiger partial charge in [0.1, 0.15) is 0 Å². The lowest BCUT2D eigenvalue weighted by Crippen LogP contribution is -2.35. The average Bonchev–Trinajstić information content (AvgIpc) is 4.30. The number of amides is 1. The van der Waals surface area contributed by atoms with Crippen molar-refractivity contribution < 1.29 is 23.8 Å². The van der Waals surface area contributed by atoms with Crippen LogP contribution < -0.4 is 25.3 Å². The van der Waals surface area contributed by atoms with Crippen molar-refractivity contribution in [2.75, 3.05) is 81.7 Å². The van der Waals surface area contributed by atoms with Crippen molar-refractivity contribution >= 4 is 76.5 Å². The van der Waals surface area contributed by atoms with E-state index in [9.17, 15) is 9.59 Å². The summed E-state index contributed by atoms with van der Waals surface area (Å²) in [6.45, 7) is 7.89. The zero-order chi connectivity index (χ0) is 50.8. The maximum atomic E-state index is 13.8. The van der Waals surface area contributed by atoms with Crippen LogP contribution in [0.25, 0.3) is 30.3 Å². The number of fused-ring (bicyclic) bond motifs is 3. The van der Waals surface area contributed by atoms with Crippen molar-refractivity contribution in [3.05, 3.63) is 123 Å². The van der Waals surface area contributed by atoms with Gasteiger partial charge in [-0.3, -0.25) is 9.59 Å². The predicted molar refractivity (Wildman–Crippen MR) is 303 cm³/mol. The van der Waals surface area contributed by atoms with Gasteiger partial charge in [0, 0.05) is 57.4 Å². The number of nitrogens with one attached hydrogen (secondary N) is 1. The summed E-state index contributed by atoms with van der Waals surface area (Å²) in [5.74, 6) is 1.41. The lowest BCUT2D eigenvalue weighted by molar-refractivity contribution is 0.0729. The normalized spacial score (nSPS) is 18.0. The zero-order valence-electron chi connectivity index (χ0n) is 43.3. The van der Waals surface area contributed by atoms with E-state index < -0.39 is 0 Å². The van der Waals surface area contributed by atoms with E-state index in [1.807, 2.05) is 46.6 Å². The molecule has 0 radical (unpaired) electrons. The smallest absolute Gasteiger partial charge is 0.254 e. The van der Waals surface area contributed by atoms with Gasteiger partial charge in [-0.2, -0.15) is 0 Å². The minimum Gasteiger partial charge on any atom is -0.493 e. The summed E-state index contributed by atoms with van der Waals surface area (Å²) in [6, 6.07) is 32.5. The quantitative estimate of drug-likeness (QED) is 0.0675. The van der Waals surface area contributed by atoms with Gasteiger partial charge >= 0.3 is 0 Å². The van der Waals surface area contributed by atoms with Crippen LogP contribution in [0.15, 0.2) is 102 Å². The molecular formula is C58H76N6O5S3. The Morgan fingerprint density at radius 1 is 0.694 bits per heavy atom. The molecule has 1 amide bonds. The molecule has 3 fully saturated rings. The number of benzene rings is 4. The maximum absolute atomic E-state index is 13.8. The molecule has 6 heterocycles. The molecule has 3 saturated heterocycles. The van der Waals surface area contributed by atoms with Crippen molar-refractivity contribution in [1.29, 1.82) is 0 Å². The lowest BCUT2D eigenvalue weighted by Gasteiger charge is -2.27. The van der Waals surface area contributed by atoms with Gasteiger partial charge in [-0.15, -0.1) is 34.0 Å². The molecule has 3 atom stereocenters. The van der Waals surface area contributed by atoms with Crippen molar-refractivity contribution in [3.63, 3.8) is 0 Å². The molecule has 386 valence electrons. The monoisotopic (exact) mass is 1030 g/mol. The number of nitrogens with zero attached hydrogens (tertiary/aromatic N) is 4. The van der Waals surface area contributed by atoms with Gasteiger partial charge in [-0.1, -0.05) is 54.6 Å². The standard InChI is InChI=1S/C26H32N2O4S.C16H22N2S.C9H6OS.C7H16N2/c1-27-12-7-8-20(27)11-13-28(16-19-17-33-24-10-6-5-9-21(19)24)26(29)18-14-22(30-2)25(32-4)23(15-18)31-3;1-18-10-4-5-14(18)8-9-17-11-13-12-19-16-7-3-2-6-15(13)16;10-6-8-5-7-3-1-2-4-9(7)11-8;1-9-6-2-3-7(9)4-5-8/h5-6,9-10,14-15,17,20H,7-8,11-13,16H2,1-4H3;2-3,6-7,12,14,17H,4-5,8-11H2,1H3;1-6H;7H,2-6,8H2,1H3. The molecular weight excluding hydrogens is 957 g/mol. The summed E-state index contributed by atoms with van der Waals surface area (Å²) in [5.41, 5.74) is 8.60. The van der Waals surface area contributed by atoms with Gasteiger partial charge in [-0.25, -0.2) is 0 Å². The Kier molecular flexibility index (Phi) is 21.3. The summed E-state index contributed by atoms with van der Waals surface area (Å²) in [4.78, 5) is 34.3. The van der Waals surface area contributed by atoms with E-state index in [-0.39, 0.29) is 5.91 Å². The van der Waals surface area contributed by atoms with Crippen molar-refractivity contribution in [1.82, 2.24) is 24.9 Å². The van der Waals surface area contributed by atoms with E-state index in [0.717, 1.165) is 61.2 Å². The number of carbonyl (C=O) groups excluding carboxylic acids is 2. The Morgan fingerprint density at radius 2 is 1.22 bits per heavy atom. The highest BCUT2D eigenvalue weighted by Crippen LogP contribution is 2.39. The van der Waals surface area contributed by atoms with E-state index in [1.54, 1.807) is 44.8 Å². The average molecular weight is 1030 g/mol. The highest BCUT2D eigenvalue weighted by Gasteiger charge is 2.26. The summed E-state index contributed by atoms with van der Waals surface area (Å²) in [5, 5.41) is 11.8. The second-order valence-electron chi connectivity index (χ2n) is 19.1. The third-order valence-electron chi connectivity index (χ3n) is 14.5. The number of likely N-dealkylation sites (tertiary alicyclic amines) is 3. The number of carbonyl (C=O) groups is 2. The number of hydrogen-bond acceptors (Lipinski definition) is 13. The van der Waals surface area contributed by atoms with Crippen LogP contribution in [-0.4, -0.2) is 132 Å². The number of ether oxygens (including phenoxy) is 3. The molecule has 3 aliphatic rings. The number of methoxy groups -OCH3 is 3. The number of hydrogen-bond donors (Lipinski definition) is 2. The summed E-state index contributed by atoms with van der Waals surface area (Å²) < 4.78 is 20.2. The van der Waals surface area contributed by atoms with Gasteiger partial charge in [0.05, 0.1) is 26.2 Å². The molecule has 10 rings (SSSR count). The third-order valence-corrected chi connectivity index (χ3v) is 17.5. The molecule has 11 nitrogen and oxygen atoms in total. The molecule has 0 spiro atoms. The fourth-order valence-electron chi connectivity index (χ4n) is 10.3. The van der Waals surface area contributed by atoms with Crippen LogP contribution in [0.4, 0.5) is 0 Å². The molecule has 0 aliphatic carbocycles. The lowest BCUT2D eigenvalue weighted by atomic mass is 10.1. The van der Waals surface area contributed by atoms with Crippen LogP contribution in [0.1, 0.15) is 88.9 Å². The van der Waals surface area contributed by atoms with Gasteiger partial charge in [0.25, 0.3) is 5.91 Å². The Balaban J connectivity index is 0.000000162. The number of thiophene rings is 3. The van der Waals surface area contributed by atoms with Crippen molar-refractivity contribution in [2.45, 2.75) is 89.0 Å². The van der Waals surface area contributed by atoms with Crippen LogP contribution in [0.2, 0.25) is 0 Å². The van der Waals surface area contributed by atoms with E-state index in [4.69, 9.17) is 19.9 Å². The van der Waals surface area contributed by atoms with Gasteiger partial charge in [-0.05, 0) is 186 Å². The molecule has 7 aromatic rings. The topological polar surface area (TPSA) is 113 Å². The molecule has 4 aromatic carbocycles. The van der Waals surface area contributed by atoms with Crippen LogP contribution in [0, 0.1) is 0 Å². The largest absolute Gasteiger partial charge is 0.493 e. The Bertz CT molecular complexity index is 2710. The SMILES string of the molecule is CN1CCCC1CCN.CN1CCCC1CCNCc1csc2ccccc12.COc1cc(C(=O)N(CCC2CCCN2C)Cc2csc3ccccc23)cc(OC)c1OC.O=Cc1cc2ccccc2s1. The van der Waals surface area contributed by atoms with Crippen LogP contribution in [0.5, 0.6) is 17.2 Å². The van der Waals surface area contributed by atoms with E-state index in [0.29, 0.717) is 41.9 Å². The fourth-order valence-corrected chi connectivity index (χ4v) is 13.0. The van der Waals surface area contributed by atoms with Crippen molar-refractivity contribution in [3.8, 4) is 17.2 Å². The van der Waals surface area contributed by atoms with Gasteiger partial charge < -0.3 is 44.9 Å². The first-order valence-electron chi connectivity index (χ1n) is 25.6. The molecule has 0 saturated carbocycles. The minimum absolute atomic E-state index is 0.0369. The molecule has 3 aliphatic heterocycles. The highest BCUT2D eigenvalue weighted by atomic mass is 32.1. The first kappa shape index (κ1) is 54.9. The van der Waals surface area contributed by atoms with Crippen LogP contribution >= 0.6 is 34.0 Å². The Labute approximate surface area is 439 Å². The first-order chi connectivity index (χ1) is 35.1. The summed E-state index contributed by atoms with van der Waals surface area (Å²) >= 11 is 5.10. The van der Waals surface area contributed by atoms with E-state index >= 15 is 0 Å². The second-order valence-corrected chi connectivity index (χ2v) is 22.1. The highest BCUT2D eigenvalue weighted by molar-refractivity contribution is 7.20. The summed E-state index contributed by atoms with van der Waals surface area (Å²) in [6.07, 6.45) is 12.2. The molecule has 0 bridgehead atoms. The van der Waals surface area contributed by atoms with Gasteiger partial charge in [0.15, 0.2) is 17.8 Å². The summed E-state index contributed by atoms with van der Waals surface area (Å²) in [7, 11) is 11.3. The predicted octanol–water partition coefficient (Wildman–Crippen LogP) is 11.7. The maximum Gasteiger partial charge on any atom is 0.254 e. The van der Waals surface area contributed by atoms with Crippen LogP contribution in [-0.2, 0) is 13.1 Å². The molecule has 3 aromatic heterocycles. The van der Waals surface area contributed by atoms with Gasteiger partial charge in [0.2, 0.25) is 5.75 Å². The molecule has 3 unspecified atom stereocenters. The molecule has 14 heteroatoms.